The van der Waals surface area contributed by atoms with Gasteiger partial charge in [-0.25, -0.2) is 0 Å². The maximum absolute atomic E-state index is 10.9. The van der Waals surface area contributed by atoms with Crippen molar-refractivity contribution < 1.29 is 9.53 Å². The van der Waals surface area contributed by atoms with Crippen LogP contribution in [-0.2, 0) is 4.79 Å². The maximum atomic E-state index is 10.9. The molecule has 1 aromatic carbocycles. The van der Waals surface area contributed by atoms with Crippen molar-refractivity contribution in [2.45, 2.75) is 39.2 Å². The maximum Gasteiger partial charge on any atom is 0.217 e. The van der Waals surface area contributed by atoms with Crippen LogP contribution in [0.4, 0.5) is 0 Å². The Kier molecular flexibility index (Phi) is 3.36. The third-order valence-corrected chi connectivity index (χ3v) is 3.18. The summed E-state index contributed by atoms with van der Waals surface area (Å²) in [6.07, 6.45) is 1.04. The van der Waals surface area contributed by atoms with Gasteiger partial charge in [-0.05, 0) is 30.9 Å². The lowest BCUT2D eigenvalue weighted by Crippen LogP contribution is -2.37. The Hall–Kier alpha value is -1.51. The molecule has 17 heavy (non-hydrogen) atoms. The van der Waals surface area contributed by atoms with Crippen molar-refractivity contribution >= 4 is 5.91 Å². The number of rotatable bonds is 2. The van der Waals surface area contributed by atoms with Crippen molar-refractivity contribution in [2.24, 2.45) is 0 Å². The molecule has 1 aliphatic rings. The highest BCUT2D eigenvalue weighted by molar-refractivity contribution is 5.72. The first-order chi connectivity index (χ1) is 8.06. The number of carbonyl (C=O) groups excluding carboxylic acids is 1. The van der Waals surface area contributed by atoms with E-state index in [0.29, 0.717) is 12.5 Å². The van der Waals surface area contributed by atoms with Crippen molar-refractivity contribution in [3.63, 3.8) is 0 Å². The molecule has 0 saturated heterocycles. The number of amides is 1. The molecule has 2 unspecified atom stereocenters. The lowest BCUT2D eigenvalue weighted by Gasteiger charge is -2.30. The average molecular weight is 233 g/mol. The third-order valence-electron chi connectivity index (χ3n) is 3.18. The molecule has 3 heteroatoms. The molecule has 1 amide bonds. The van der Waals surface area contributed by atoms with Gasteiger partial charge in [-0.3, -0.25) is 4.79 Å². The van der Waals surface area contributed by atoms with Crippen molar-refractivity contribution in [1.82, 2.24) is 5.32 Å². The summed E-state index contributed by atoms with van der Waals surface area (Å²) >= 11 is 0. The quantitative estimate of drug-likeness (QED) is 0.851. The van der Waals surface area contributed by atoms with E-state index in [1.165, 1.54) is 18.1 Å². The van der Waals surface area contributed by atoms with Crippen LogP contribution < -0.4 is 10.1 Å². The molecule has 0 aromatic heterocycles. The molecule has 0 spiro atoms. The second-order valence-electron chi connectivity index (χ2n) is 4.85. The molecular weight excluding hydrogens is 214 g/mol. The lowest BCUT2D eigenvalue weighted by molar-refractivity contribution is -0.119. The summed E-state index contributed by atoms with van der Waals surface area (Å²) in [5.74, 6) is 1.44. The molecule has 1 N–H and O–H groups in total. The molecule has 1 aliphatic heterocycles. The van der Waals surface area contributed by atoms with Crippen LogP contribution >= 0.6 is 0 Å². The van der Waals surface area contributed by atoms with Crippen LogP contribution in [0.1, 0.15) is 37.3 Å². The van der Waals surface area contributed by atoms with Gasteiger partial charge in [0.15, 0.2) is 0 Å². The Morgan fingerprint density at radius 2 is 2.29 bits per heavy atom. The molecule has 0 aliphatic carbocycles. The first kappa shape index (κ1) is 12.0. The summed E-state index contributed by atoms with van der Waals surface area (Å²) in [7, 11) is 0. The van der Waals surface area contributed by atoms with Gasteiger partial charge in [-0.15, -0.1) is 0 Å². The first-order valence-corrected chi connectivity index (χ1v) is 6.08. The second-order valence-corrected chi connectivity index (χ2v) is 4.85. The van der Waals surface area contributed by atoms with Crippen molar-refractivity contribution in [3.05, 3.63) is 29.3 Å². The number of hydrogen-bond acceptors (Lipinski definition) is 2. The predicted molar refractivity (Wildman–Crippen MR) is 67.3 cm³/mol. The van der Waals surface area contributed by atoms with Crippen LogP contribution in [-0.4, -0.2) is 18.6 Å². The Morgan fingerprint density at radius 3 is 3.00 bits per heavy atom. The van der Waals surface area contributed by atoms with Gasteiger partial charge in [0.05, 0.1) is 6.54 Å². The molecule has 0 saturated carbocycles. The number of hydrogen-bond donors (Lipinski definition) is 1. The minimum atomic E-state index is -0.00374. The third kappa shape index (κ3) is 2.78. The van der Waals surface area contributed by atoms with Gasteiger partial charge < -0.3 is 10.1 Å². The van der Waals surface area contributed by atoms with Gasteiger partial charge in [-0.1, -0.05) is 24.6 Å². The summed E-state index contributed by atoms with van der Waals surface area (Å²) in [5, 5.41) is 2.81. The highest BCUT2D eigenvalue weighted by Gasteiger charge is 2.25. The van der Waals surface area contributed by atoms with Gasteiger partial charge >= 0.3 is 0 Å². The van der Waals surface area contributed by atoms with Crippen molar-refractivity contribution in [3.8, 4) is 5.75 Å². The highest BCUT2D eigenvalue weighted by atomic mass is 16.5. The van der Waals surface area contributed by atoms with E-state index in [0.717, 1.165) is 12.2 Å². The molecule has 0 bridgehead atoms. The van der Waals surface area contributed by atoms with Crippen LogP contribution in [0.5, 0.6) is 5.75 Å². The van der Waals surface area contributed by atoms with Crippen LogP contribution in [0.2, 0.25) is 0 Å². The first-order valence-electron chi connectivity index (χ1n) is 6.08. The largest absolute Gasteiger partial charge is 0.488 e. The van der Waals surface area contributed by atoms with Gasteiger partial charge in [-0.2, -0.15) is 0 Å². The molecule has 2 rings (SSSR count). The fourth-order valence-corrected chi connectivity index (χ4v) is 2.29. The predicted octanol–water partition coefficient (Wildman–Crippen LogP) is 2.39. The molecule has 0 radical (unpaired) electrons. The lowest BCUT2D eigenvalue weighted by atomic mass is 9.90. The number of aryl methyl sites for hydroxylation is 1. The SMILES string of the molecule is CC(=O)NCC1CC(C)c2cc(C)ccc2O1. The summed E-state index contributed by atoms with van der Waals surface area (Å²) in [6.45, 7) is 6.43. The molecular formula is C14H19NO2. The van der Waals surface area contributed by atoms with E-state index in [9.17, 15) is 4.79 Å². The second kappa shape index (κ2) is 4.78. The number of ether oxygens (including phenoxy) is 1. The standard InChI is InChI=1S/C14H19NO2/c1-9-4-5-14-13(6-9)10(2)7-12(17-14)8-15-11(3)16/h4-6,10,12H,7-8H2,1-3H3,(H,15,16). The Bertz CT molecular complexity index is 428. The van der Waals surface area contributed by atoms with Crippen LogP contribution in [0, 0.1) is 6.92 Å². The Morgan fingerprint density at radius 1 is 1.53 bits per heavy atom. The van der Waals surface area contributed by atoms with Gasteiger partial charge in [0, 0.05) is 6.92 Å². The minimum absolute atomic E-state index is 0.00374. The average Bonchev–Trinajstić information content (AvgIpc) is 2.27. The minimum Gasteiger partial charge on any atom is -0.488 e. The number of benzene rings is 1. The summed E-state index contributed by atoms with van der Waals surface area (Å²) < 4.78 is 5.89. The topological polar surface area (TPSA) is 38.3 Å². The zero-order valence-corrected chi connectivity index (χ0v) is 10.6. The van der Waals surface area contributed by atoms with Gasteiger partial charge in [0.1, 0.15) is 11.9 Å². The van der Waals surface area contributed by atoms with E-state index in [-0.39, 0.29) is 12.0 Å². The van der Waals surface area contributed by atoms with E-state index in [2.05, 4.69) is 31.3 Å². The summed E-state index contributed by atoms with van der Waals surface area (Å²) in [4.78, 5) is 10.9. The van der Waals surface area contributed by atoms with Crippen molar-refractivity contribution in [2.75, 3.05) is 6.54 Å². The Labute approximate surface area is 102 Å². The molecule has 92 valence electrons. The van der Waals surface area contributed by atoms with Crippen LogP contribution in [0.3, 0.4) is 0 Å². The normalized spacial score (nSPS) is 22.5. The fourth-order valence-electron chi connectivity index (χ4n) is 2.29. The number of fused-ring (bicyclic) bond motifs is 1. The summed E-state index contributed by atoms with van der Waals surface area (Å²) in [6, 6.07) is 6.28. The fraction of sp³-hybridized carbons (Fsp3) is 0.500. The summed E-state index contributed by atoms with van der Waals surface area (Å²) in [5.41, 5.74) is 2.54. The van der Waals surface area contributed by atoms with Gasteiger partial charge in [0.25, 0.3) is 0 Å². The van der Waals surface area contributed by atoms with E-state index in [1.807, 2.05) is 6.07 Å². The van der Waals surface area contributed by atoms with Gasteiger partial charge in [0.2, 0.25) is 5.91 Å². The smallest absolute Gasteiger partial charge is 0.217 e. The molecule has 2 atom stereocenters. The number of carbonyl (C=O) groups is 1. The van der Waals surface area contributed by atoms with E-state index in [1.54, 1.807) is 0 Å². The van der Waals surface area contributed by atoms with E-state index < -0.39 is 0 Å². The zero-order valence-electron chi connectivity index (χ0n) is 10.6. The number of nitrogens with one attached hydrogen (secondary N) is 1. The molecule has 0 fully saturated rings. The molecule has 1 heterocycles. The van der Waals surface area contributed by atoms with E-state index in [4.69, 9.17) is 4.74 Å². The zero-order chi connectivity index (χ0) is 12.4. The molecule has 3 nitrogen and oxygen atoms in total. The monoisotopic (exact) mass is 233 g/mol. The van der Waals surface area contributed by atoms with Crippen LogP contribution in [0.15, 0.2) is 18.2 Å². The molecule has 1 aromatic rings. The highest BCUT2D eigenvalue weighted by Crippen LogP contribution is 2.36. The van der Waals surface area contributed by atoms with E-state index >= 15 is 0 Å². The Balaban J connectivity index is 2.10. The van der Waals surface area contributed by atoms with Crippen molar-refractivity contribution in [1.29, 1.82) is 0 Å². The van der Waals surface area contributed by atoms with Crippen LogP contribution in [0.25, 0.3) is 0 Å².